The van der Waals surface area contributed by atoms with Crippen molar-refractivity contribution in [2.75, 3.05) is 0 Å². The molecule has 5 nitrogen and oxygen atoms in total. The molecule has 0 saturated carbocycles. The van der Waals surface area contributed by atoms with E-state index in [1.165, 1.54) is 0 Å². The van der Waals surface area contributed by atoms with Gasteiger partial charge in [0, 0.05) is 36.8 Å². The molecule has 0 N–H and O–H groups in total. The summed E-state index contributed by atoms with van der Waals surface area (Å²) < 4.78 is 3.49. The standard InChI is InChI=1S/C16H15ClN4O/c1-11-7-12(8-20(2)16(11)22)15-19-14(17)10-21(15)9-13-5-3-4-6-18-13/h3-8,10H,9H2,1-2H3. The lowest BCUT2D eigenvalue weighted by molar-refractivity contribution is 0.777. The highest BCUT2D eigenvalue weighted by Crippen LogP contribution is 2.22. The second-order valence-corrected chi connectivity index (χ2v) is 5.55. The van der Waals surface area contributed by atoms with Gasteiger partial charge in [0.1, 0.15) is 11.0 Å². The van der Waals surface area contributed by atoms with E-state index in [-0.39, 0.29) is 5.56 Å². The Morgan fingerprint density at radius 2 is 2.09 bits per heavy atom. The van der Waals surface area contributed by atoms with Crippen molar-refractivity contribution in [1.82, 2.24) is 19.1 Å². The normalized spacial score (nSPS) is 10.9. The van der Waals surface area contributed by atoms with E-state index in [4.69, 9.17) is 11.6 Å². The van der Waals surface area contributed by atoms with Gasteiger partial charge in [-0.05, 0) is 25.1 Å². The molecule has 112 valence electrons. The average molecular weight is 315 g/mol. The number of pyridine rings is 2. The van der Waals surface area contributed by atoms with Crippen LogP contribution in [0.15, 0.2) is 47.7 Å². The molecule has 0 aliphatic heterocycles. The molecule has 0 fully saturated rings. The Kier molecular flexibility index (Phi) is 3.81. The molecule has 6 heteroatoms. The fourth-order valence-corrected chi connectivity index (χ4v) is 2.60. The van der Waals surface area contributed by atoms with Gasteiger partial charge >= 0.3 is 0 Å². The van der Waals surface area contributed by atoms with Crippen molar-refractivity contribution >= 4 is 11.6 Å². The van der Waals surface area contributed by atoms with Gasteiger partial charge in [0.15, 0.2) is 0 Å². The SMILES string of the molecule is Cc1cc(-c2nc(Cl)cn2Cc2ccccn2)cn(C)c1=O. The van der Waals surface area contributed by atoms with Crippen LogP contribution in [0.4, 0.5) is 0 Å². The zero-order valence-electron chi connectivity index (χ0n) is 12.3. The van der Waals surface area contributed by atoms with Crippen LogP contribution in [0, 0.1) is 6.92 Å². The zero-order valence-corrected chi connectivity index (χ0v) is 13.1. The highest BCUT2D eigenvalue weighted by atomic mass is 35.5. The topological polar surface area (TPSA) is 52.7 Å². The molecule has 0 atom stereocenters. The van der Waals surface area contributed by atoms with Crippen LogP contribution in [0.5, 0.6) is 0 Å². The third-order valence-corrected chi connectivity index (χ3v) is 3.61. The van der Waals surface area contributed by atoms with Crippen molar-refractivity contribution in [2.45, 2.75) is 13.5 Å². The van der Waals surface area contributed by atoms with Gasteiger partial charge in [-0.1, -0.05) is 17.7 Å². The number of hydrogen-bond acceptors (Lipinski definition) is 3. The molecule has 3 heterocycles. The second kappa shape index (κ2) is 5.77. The summed E-state index contributed by atoms with van der Waals surface area (Å²) in [5.41, 5.74) is 2.42. The summed E-state index contributed by atoms with van der Waals surface area (Å²) in [5, 5.41) is 0.414. The first-order chi connectivity index (χ1) is 10.5. The van der Waals surface area contributed by atoms with Gasteiger partial charge in [-0.3, -0.25) is 9.78 Å². The van der Waals surface area contributed by atoms with Crippen LogP contribution < -0.4 is 5.56 Å². The fraction of sp³-hybridized carbons (Fsp3) is 0.188. The van der Waals surface area contributed by atoms with Crippen LogP contribution >= 0.6 is 11.6 Å². The summed E-state index contributed by atoms with van der Waals surface area (Å²) in [5.74, 6) is 0.717. The summed E-state index contributed by atoms with van der Waals surface area (Å²) in [6, 6.07) is 7.60. The minimum Gasteiger partial charge on any atom is -0.323 e. The highest BCUT2D eigenvalue weighted by molar-refractivity contribution is 6.29. The molecule has 0 spiro atoms. The molecular weight excluding hydrogens is 300 g/mol. The number of aryl methyl sites for hydroxylation is 2. The van der Waals surface area contributed by atoms with Gasteiger partial charge in [-0.2, -0.15) is 0 Å². The Morgan fingerprint density at radius 1 is 1.27 bits per heavy atom. The fourth-order valence-electron chi connectivity index (χ4n) is 2.40. The molecule has 0 aromatic carbocycles. The number of aromatic nitrogens is 4. The van der Waals surface area contributed by atoms with Gasteiger partial charge < -0.3 is 9.13 Å². The van der Waals surface area contributed by atoms with Crippen molar-refractivity contribution < 1.29 is 0 Å². The second-order valence-electron chi connectivity index (χ2n) is 5.16. The molecule has 0 saturated heterocycles. The summed E-state index contributed by atoms with van der Waals surface area (Å²) in [4.78, 5) is 20.5. The summed E-state index contributed by atoms with van der Waals surface area (Å²) in [6.45, 7) is 2.36. The van der Waals surface area contributed by atoms with E-state index in [0.717, 1.165) is 11.3 Å². The van der Waals surface area contributed by atoms with Crippen molar-refractivity contribution in [3.05, 3.63) is 69.6 Å². The number of rotatable bonds is 3. The van der Waals surface area contributed by atoms with Crippen LogP contribution in [0.3, 0.4) is 0 Å². The molecule has 0 aliphatic carbocycles. The predicted octanol–water partition coefficient (Wildman–Crippen LogP) is 2.65. The predicted molar refractivity (Wildman–Crippen MR) is 86.0 cm³/mol. The van der Waals surface area contributed by atoms with E-state index >= 15 is 0 Å². The Labute approximate surface area is 132 Å². The van der Waals surface area contributed by atoms with Crippen molar-refractivity contribution in [3.8, 4) is 11.4 Å². The largest absolute Gasteiger partial charge is 0.323 e. The molecule has 0 radical (unpaired) electrons. The molecule has 0 unspecified atom stereocenters. The van der Waals surface area contributed by atoms with Crippen molar-refractivity contribution in [2.24, 2.45) is 7.05 Å². The maximum atomic E-state index is 11.8. The summed E-state index contributed by atoms with van der Waals surface area (Å²) in [7, 11) is 1.73. The Balaban J connectivity index is 2.07. The minimum atomic E-state index is -0.0160. The first-order valence-electron chi connectivity index (χ1n) is 6.85. The molecule has 0 amide bonds. The monoisotopic (exact) mass is 314 g/mol. The Bertz CT molecular complexity index is 841. The van der Waals surface area contributed by atoms with E-state index in [2.05, 4.69) is 9.97 Å². The maximum Gasteiger partial charge on any atom is 0.253 e. The lowest BCUT2D eigenvalue weighted by Crippen LogP contribution is -2.18. The Hall–Kier alpha value is -2.40. The first-order valence-corrected chi connectivity index (χ1v) is 7.22. The van der Waals surface area contributed by atoms with Crippen LogP contribution in [0.2, 0.25) is 5.15 Å². The molecule has 3 aromatic heterocycles. The van der Waals surface area contributed by atoms with Gasteiger partial charge in [-0.15, -0.1) is 0 Å². The van der Waals surface area contributed by atoms with Gasteiger partial charge in [0.05, 0.1) is 12.2 Å². The maximum absolute atomic E-state index is 11.8. The number of nitrogens with zero attached hydrogens (tertiary/aromatic N) is 4. The number of imidazole rings is 1. The van der Waals surface area contributed by atoms with E-state index in [1.807, 2.05) is 28.8 Å². The minimum absolute atomic E-state index is 0.0160. The lowest BCUT2D eigenvalue weighted by Gasteiger charge is -2.09. The van der Waals surface area contributed by atoms with E-state index < -0.39 is 0 Å². The van der Waals surface area contributed by atoms with Crippen LogP contribution in [0.25, 0.3) is 11.4 Å². The molecule has 0 aliphatic rings. The number of halogens is 1. The highest BCUT2D eigenvalue weighted by Gasteiger charge is 2.12. The quantitative estimate of drug-likeness (QED) is 0.747. The molecule has 0 bridgehead atoms. The Morgan fingerprint density at radius 3 is 2.77 bits per heavy atom. The lowest BCUT2D eigenvalue weighted by atomic mass is 10.2. The zero-order chi connectivity index (χ0) is 15.7. The van der Waals surface area contributed by atoms with Gasteiger partial charge in [0.25, 0.3) is 5.56 Å². The van der Waals surface area contributed by atoms with E-state index in [9.17, 15) is 4.79 Å². The first kappa shape index (κ1) is 14.5. The van der Waals surface area contributed by atoms with E-state index in [0.29, 0.717) is 23.1 Å². The third kappa shape index (κ3) is 2.80. The number of hydrogen-bond donors (Lipinski definition) is 0. The van der Waals surface area contributed by atoms with Gasteiger partial charge in [0.2, 0.25) is 0 Å². The van der Waals surface area contributed by atoms with Crippen LogP contribution in [0.1, 0.15) is 11.3 Å². The van der Waals surface area contributed by atoms with Crippen LogP contribution in [-0.4, -0.2) is 19.1 Å². The smallest absolute Gasteiger partial charge is 0.253 e. The third-order valence-electron chi connectivity index (χ3n) is 3.43. The van der Waals surface area contributed by atoms with Crippen molar-refractivity contribution in [1.29, 1.82) is 0 Å². The molecule has 22 heavy (non-hydrogen) atoms. The molecular formula is C16H15ClN4O. The van der Waals surface area contributed by atoms with E-state index in [1.54, 1.807) is 37.1 Å². The van der Waals surface area contributed by atoms with Gasteiger partial charge in [-0.25, -0.2) is 4.98 Å². The molecule has 3 aromatic rings. The molecule has 3 rings (SSSR count). The van der Waals surface area contributed by atoms with Crippen LogP contribution in [-0.2, 0) is 13.6 Å². The summed E-state index contributed by atoms with van der Waals surface area (Å²) >= 11 is 6.07. The summed E-state index contributed by atoms with van der Waals surface area (Å²) in [6.07, 6.45) is 5.29. The average Bonchev–Trinajstić information content (AvgIpc) is 2.86. The van der Waals surface area contributed by atoms with Crippen molar-refractivity contribution in [3.63, 3.8) is 0 Å².